The molecule has 1 aromatic carbocycles. The zero-order valence-electron chi connectivity index (χ0n) is 18.3. The topological polar surface area (TPSA) is 138 Å². The van der Waals surface area contributed by atoms with Crippen molar-refractivity contribution in [2.24, 2.45) is 0 Å². The molecule has 10 nitrogen and oxygen atoms in total. The maximum atomic E-state index is 12.5. The third-order valence-corrected chi connectivity index (χ3v) is 5.30. The highest BCUT2D eigenvalue weighted by Crippen LogP contribution is 2.13. The molecule has 11 heteroatoms. The lowest BCUT2D eigenvalue weighted by Crippen LogP contribution is -2.49. The highest BCUT2D eigenvalue weighted by Gasteiger charge is 2.34. The van der Waals surface area contributed by atoms with Crippen molar-refractivity contribution < 1.29 is 37.4 Å². The van der Waals surface area contributed by atoms with Gasteiger partial charge in [0.05, 0.1) is 13.2 Å². The van der Waals surface area contributed by atoms with Crippen LogP contribution in [0, 0.1) is 0 Å². The molecule has 1 atom stereocenters. The molecular formula is C21H30N2O8S. The Bertz CT molecular complexity index is 840. The minimum atomic E-state index is -3.69. The molecular weight excluding hydrogens is 440 g/mol. The highest BCUT2D eigenvalue weighted by atomic mass is 32.2. The Hall–Kier alpha value is -2.79. The molecule has 32 heavy (non-hydrogen) atoms. The summed E-state index contributed by atoms with van der Waals surface area (Å²) >= 11 is 0. The summed E-state index contributed by atoms with van der Waals surface area (Å²) in [5, 5.41) is 8.89. The molecule has 1 aliphatic rings. The second kappa shape index (κ2) is 13.6. The largest absolute Gasteiger partial charge is 0.475 e. The van der Waals surface area contributed by atoms with Gasteiger partial charge in [0.2, 0.25) is 11.8 Å². The van der Waals surface area contributed by atoms with Crippen LogP contribution >= 0.6 is 0 Å². The molecule has 0 bridgehead atoms. The Kier molecular flexibility index (Phi) is 11.6. The fourth-order valence-corrected chi connectivity index (χ4v) is 3.82. The first-order valence-electron chi connectivity index (χ1n) is 10.2. The van der Waals surface area contributed by atoms with Crippen LogP contribution in [0.4, 0.5) is 0 Å². The monoisotopic (exact) mass is 470 g/mol. The molecule has 2 amide bonds. The van der Waals surface area contributed by atoms with E-state index in [0.717, 1.165) is 11.2 Å². The van der Waals surface area contributed by atoms with E-state index in [1.54, 1.807) is 0 Å². The molecule has 1 heterocycles. The van der Waals surface area contributed by atoms with Gasteiger partial charge in [0.25, 0.3) is 5.78 Å². The summed E-state index contributed by atoms with van der Waals surface area (Å²) in [6.07, 6.45) is 0.361. The van der Waals surface area contributed by atoms with Gasteiger partial charge in [-0.3, -0.25) is 14.4 Å². The number of ether oxygens (including phenoxy) is 1. The van der Waals surface area contributed by atoms with Gasteiger partial charge in [-0.05, 0) is 6.42 Å². The number of Topliss-reactive ketones (excluding diaryl/α,β-unsaturated/α-hetero) is 1. The Morgan fingerprint density at radius 2 is 1.50 bits per heavy atom. The van der Waals surface area contributed by atoms with Crippen molar-refractivity contribution in [2.75, 3.05) is 38.4 Å². The molecule has 178 valence electrons. The summed E-state index contributed by atoms with van der Waals surface area (Å²) in [7, 11) is -3.69. The molecule has 0 aromatic heterocycles. The summed E-state index contributed by atoms with van der Waals surface area (Å²) in [6, 6.07) is 10.6. The van der Waals surface area contributed by atoms with Crippen LogP contribution in [0.2, 0.25) is 0 Å². The summed E-state index contributed by atoms with van der Waals surface area (Å²) in [4.78, 5) is 49.6. The van der Waals surface area contributed by atoms with Gasteiger partial charge in [-0.1, -0.05) is 43.3 Å². The van der Waals surface area contributed by atoms with Gasteiger partial charge in [0.15, 0.2) is 9.84 Å². The maximum absolute atomic E-state index is 12.5. The van der Waals surface area contributed by atoms with Crippen molar-refractivity contribution in [1.29, 1.82) is 0 Å². The normalized spacial score (nSPS) is 14.5. The molecule has 0 aliphatic carbocycles. The number of rotatable bonds is 9. The predicted octanol–water partition coefficient (Wildman–Crippen LogP) is 0.575. The summed E-state index contributed by atoms with van der Waals surface area (Å²) in [5.74, 6) is -4.82. The molecule has 0 spiro atoms. The van der Waals surface area contributed by atoms with Crippen molar-refractivity contribution in [3.8, 4) is 0 Å². The Morgan fingerprint density at radius 1 is 1.00 bits per heavy atom. The molecule has 1 aromatic rings. The second-order valence-electron chi connectivity index (χ2n) is 7.16. The summed E-state index contributed by atoms with van der Waals surface area (Å²) in [6.45, 7) is 3.12. The zero-order valence-corrected chi connectivity index (χ0v) is 19.1. The lowest BCUT2D eigenvalue weighted by Gasteiger charge is -2.29. The van der Waals surface area contributed by atoms with E-state index in [1.165, 1.54) is 11.8 Å². The maximum Gasteiger partial charge on any atom is 0.374 e. The van der Waals surface area contributed by atoms with Crippen LogP contribution in [0.3, 0.4) is 0 Å². The molecule has 1 saturated heterocycles. The lowest BCUT2D eigenvalue weighted by atomic mass is 10.1. The number of carbonyl (C=O) groups is 4. The number of carbonyl (C=O) groups excluding carboxylic acids is 3. The van der Waals surface area contributed by atoms with Crippen LogP contribution in [0.25, 0.3) is 0 Å². The number of hydrogen-bond donors (Lipinski definition) is 1. The van der Waals surface area contributed by atoms with Gasteiger partial charge in [-0.15, -0.1) is 0 Å². The van der Waals surface area contributed by atoms with Crippen LogP contribution in [-0.2, 0) is 33.8 Å². The fourth-order valence-electron chi connectivity index (χ4n) is 2.99. The lowest BCUT2D eigenvalue weighted by molar-refractivity contribution is -0.153. The molecule has 0 radical (unpaired) electrons. The zero-order chi connectivity index (χ0) is 24.1. The molecule has 1 aliphatic heterocycles. The van der Waals surface area contributed by atoms with Crippen LogP contribution < -0.4 is 0 Å². The molecule has 1 N–H and O–H groups in total. The van der Waals surface area contributed by atoms with Crippen LogP contribution in [0.5, 0.6) is 0 Å². The standard InChI is InChI=1S/C15H24N2O8S.C6H6/c1-3-11(14(20)15(21)22)17(10-26(2,23)24)13(19)5-4-12(18)16-6-8-25-9-7-16;1-2-4-6-5-3-1/h11H,3-10H2,1-2H3,(H,21,22);1-6H. The quantitative estimate of drug-likeness (QED) is 0.517. The van der Waals surface area contributed by atoms with E-state index in [4.69, 9.17) is 9.84 Å². The number of benzene rings is 1. The fraction of sp³-hybridized carbons (Fsp3) is 0.524. The summed E-state index contributed by atoms with van der Waals surface area (Å²) < 4.78 is 28.3. The number of hydrogen-bond acceptors (Lipinski definition) is 7. The minimum Gasteiger partial charge on any atom is -0.475 e. The number of amides is 2. The SMILES string of the molecule is CCC(C(=O)C(=O)O)N(CS(C)(=O)=O)C(=O)CCC(=O)N1CCOCC1.c1ccccc1. The molecule has 1 unspecified atom stereocenters. The van der Waals surface area contributed by atoms with Gasteiger partial charge >= 0.3 is 5.97 Å². The van der Waals surface area contributed by atoms with E-state index in [2.05, 4.69) is 0 Å². The van der Waals surface area contributed by atoms with Crippen molar-refractivity contribution in [2.45, 2.75) is 32.2 Å². The Morgan fingerprint density at radius 3 is 1.91 bits per heavy atom. The third kappa shape index (κ3) is 10.0. The first-order chi connectivity index (χ1) is 15.1. The van der Waals surface area contributed by atoms with E-state index in [-0.39, 0.29) is 25.2 Å². The minimum absolute atomic E-state index is 0.0518. The first kappa shape index (κ1) is 27.2. The van der Waals surface area contributed by atoms with Crippen molar-refractivity contribution in [3.63, 3.8) is 0 Å². The van der Waals surface area contributed by atoms with Gasteiger partial charge in [-0.2, -0.15) is 0 Å². The highest BCUT2D eigenvalue weighted by molar-refractivity contribution is 7.90. The van der Waals surface area contributed by atoms with E-state index >= 15 is 0 Å². The van der Waals surface area contributed by atoms with E-state index in [0.29, 0.717) is 26.3 Å². The number of morpholine rings is 1. The number of carboxylic acids is 1. The van der Waals surface area contributed by atoms with Crippen molar-refractivity contribution >= 4 is 33.4 Å². The van der Waals surface area contributed by atoms with E-state index in [9.17, 15) is 27.6 Å². The van der Waals surface area contributed by atoms with E-state index < -0.39 is 39.4 Å². The van der Waals surface area contributed by atoms with E-state index in [1.807, 2.05) is 36.4 Å². The van der Waals surface area contributed by atoms with Crippen LogP contribution in [-0.4, -0.2) is 91.4 Å². The van der Waals surface area contributed by atoms with Gasteiger partial charge < -0.3 is 19.6 Å². The first-order valence-corrected chi connectivity index (χ1v) is 12.2. The molecule has 1 fully saturated rings. The smallest absolute Gasteiger partial charge is 0.374 e. The second-order valence-corrected chi connectivity index (χ2v) is 9.27. The van der Waals surface area contributed by atoms with Crippen molar-refractivity contribution in [3.05, 3.63) is 36.4 Å². The Labute approximate surface area is 188 Å². The van der Waals surface area contributed by atoms with Crippen molar-refractivity contribution in [1.82, 2.24) is 9.80 Å². The van der Waals surface area contributed by atoms with Crippen LogP contribution in [0.1, 0.15) is 26.2 Å². The van der Waals surface area contributed by atoms with Gasteiger partial charge in [-0.25, -0.2) is 13.2 Å². The van der Waals surface area contributed by atoms with Gasteiger partial charge in [0.1, 0.15) is 11.9 Å². The average molecular weight is 471 g/mol. The number of carboxylic acid groups (broad SMARTS) is 1. The average Bonchev–Trinajstić information content (AvgIpc) is 2.78. The number of ketones is 1. The Balaban J connectivity index is 0.000000730. The number of sulfone groups is 1. The summed E-state index contributed by atoms with van der Waals surface area (Å²) in [5.41, 5.74) is 0. The van der Waals surface area contributed by atoms with Crippen LogP contribution in [0.15, 0.2) is 36.4 Å². The number of nitrogens with zero attached hydrogens (tertiary/aromatic N) is 2. The number of aliphatic carboxylic acids is 1. The molecule has 0 saturated carbocycles. The third-order valence-electron chi connectivity index (χ3n) is 4.55. The molecule has 2 rings (SSSR count). The van der Waals surface area contributed by atoms with Gasteiger partial charge in [0, 0.05) is 32.2 Å². The predicted molar refractivity (Wildman–Crippen MR) is 116 cm³/mol.